The van der Waals surface area contributed by atoms with E-state index in [4.69, 9.17) is 0 Å². The Balaban J connectivity index is 1.88. The van der Waals surface area contributed by atoms with Crippen LogP contribution in [0.2, 0.25) is 0 Å². The van der Waals surface area contributed by atoms with E-state index in [0.29, 0.717) is 11.5 Å². The van der Waals surface area contributed by atoms with E-state index in [2.05, 4.69) is 24.9 Å². The van der Waals surface area contributed by atoms with E-state index in [1.54, 1.807) is 0 Å². The number of benzene rings is 1. The van der Waals surface area contributed by atoms with Crippen molar-refractivity contribution in [2.45, 2.75) is 31.1 Å². The molecular weight excluding hydrogens is 230 g/mol. The Morgan fingerprint density at radius 3 is 2.82 bits per heavy atom. The number of rotatable bonds is 3. The number of thiol groups is 1. The number of hydrogen-bond donors (Lipinski definition) is 2. The van der Waals surface area contributed by atoms with E-state index in [1.807, 2.05) is 24.3 Å². The fourth-order valence-electron chi connectivity index (χ4n) is 2.51. The normalized spacial score (nSPS) is 23.6. The zero-order valence-electron chi connectivity index (χ0n) is 10.1. The summed E-state index contributed by atoms with van der Waals surface area (Å²) in [6.07, 6.45) is 3.77. The molecule has 2 atom stereocenters. The Hall–Kier alpha value is -0.960. The predicted octanol–water partition coefficient (Wildman–Crippen LogP) is 3.14. The minimum atomic E-state index is -0.00449. The highest BCUT2D eigenvalue weighted by Gasteiger charge is 2.21. The van der Waals surface area contributed by atoms with Gasteiger partial charge in [-0.2, -0.15) is 0 Å². The lowest BCUT2D eigenvalue weighted by Crippen LogP contribution is -2.28. The third kappa shape index (κ3) is 3.25. The molecule has 1 amide bonds. The lowest BCUT2D eigenvalue weighted by molar-refractivity contribution is 0.0944. The molecule has 0 saturated heterocycles. The van der Waals surface area contributed by atoms with Crippen LogP contribution in [0.5, 0.6) is 0 Å². The second kappa shape index (κ2) is 5.58. The fraction of sp³-hybridized carbons (Fsp3) is 0.500. The number of hydrogen-bond acceptors (Lipinski definition) is 2. The largest absolute Gasteiger partial charge is 0.352 e. The molecule has 0 heterocycles. The molecule has 1 aromatic rings. The van der Waals surface area contributed by atoms with Crippen molar-refractivity contribution in [2.24, 2.45) is 11.8 Å². The predicted molar refractivity (Wildman–Crippen MR) is 72.5 cm³/mol. The summed E-state index contributed by atoms with van der Waals surface area (Å²) >= 11 is 4.29. The molecule has 17 heavy (non-hydrogen) atoms. The standard InChI is InChI=1S/C14H19NOS/c1-10-6-7-11(8-10)9-15-14(16)12-4-2-3-5-13(12)17/h2-5,10-11,17H,6-9H2,1H3,(H,15,16). The monoisotopic (exact) mass is 249 g/mol. The quantitative estimate of drug-likeness (QED) is 0.792. The molecule has 92 valence electrons. The van der Waals surface area contributed by atoms with Gasteiger partial charge in [-0.15, -0.1) is 12.6 Å². The van der Waals surface area contributed by atoms with Crippen LogP contribution in [0.25, 0.3) is 0 Å². The molecule has 0 bridgehead atoms. The number of carbonyl (C=O) groups is 1. The van der Waals surface area contributed by atoms with Gasteiger partial charge in [0, 0.05) is 11.4 Å². The van der Waals surface area contributed by atoms with E-state index in [0.717, 1.165) is 17.4 Å². The van der Waals surface area contributed by atoms with Crippen molar-refractivity contribution in [3.05, 3.63) is 29.8 Å². The minimum Gasteiger partial charge on any atom is -0.352 e. The van der Waals surface area contributed by atoms with Gasteiger partial charge in [0.05, 0.1) is 5.56 Å². The Bertz CT molecular complexity index is 405. The Morgan fingerprint density at radius 2 is 2.18 bits per heavy atom. The van der Waals surface area contributed by atoms with Gasteiger partial charge >= 0.3 is 0 Å². The summed E-state index contributed by atoms with van der Waals surface area (Å²) in [6, 6.07) is 7.41. The molecule has 3 heteroatoms. The van der Waals surface area contributed by atoms with Crippen molar-refractivity contribution in [1.29, 1.82) is 0 Å². The van der Waals surface area contributed by atoms with Crippen LogP contribution in [-0.4, -0.2) is 12.5 Å². The van der Waals surface area contributed by atoms with Crippen molar-refractivity contribution in [2.75, 3.05) is 6.54 Å². The third-order valence-electron chi connectivity index (χ3n) is 3.50. The minimum absolute atomic E-state index is 0.00449. The van der Waals surface area contributed by atoms with Gasteiger partial charge in [0.2, 0.25) is 0 Å². The molecule has 0 spiro atoms. The molecule has 1 saturated carbocycles. The summed E-state index contributed by atoms with van der Waals surface area (Å²) < 4.78 is 0. The molecule has 2 rings (SSSR count). The first kappa shape index (κ1) is 12.5. The maximum absolute atomic E-state index is 11.9. The lowest BCUT2D eigenvalue weighted by Gasteiger charge is -2.11. The SMILES string of the molecule is CC1CCC(CNC(=O)c2ccccc2S)C1. The lowest BCUT2D eigenvalue weighted by atomic mass is 10.1. The second-order valence-corrected chi connectivity index (χ2v) is 5.49. The summed E-state index contributed by atoms with van der Waals surface area (Å²) in [6.45, 7) is 3.08. The van der Waals surface area contributed by atoms with Crippen molar-refractivity contribution < 1.29 is 4.79 Å². The smallest absolute Gasteiger partial charge is 0.252 e. The van der Waals surface area contributed by atoms with Gasteiger partial charge in [0.1, 0.15) is 0 Å². The van der Waals surface area contributed by atoms with Gasteiger partial charge in [-0.1, -0.05) is 25.5 Å². The molecule has 0 aromatic heterocycles. The maximum Gasteiger partial charge on any atom is 0.252 e. The number of nitrogens with one attached hydrogen (secondary N) is 1. The molecule has 1 fully saturated rings. The fourth-order valence-corrected chi connectivity index (χ4v) is 2.77. The summed E-state index contributed by atoms with van der Waals surface area (Å²) in [4.78, 5) is 12.7. The van der Waals surface area contributed by atoms with E-state index in [1.165, 1.54) is 19.3 Å². The van der Waals surface area contributed by atoms with Crippen LogP contribution < -0.4 is 5.32 Å². The maximum atomic E-state index is 11.9. The van der Waals surface area contributed by atoms with Gasteiger partial charge in [-0.25, -0.2) is 0 Å². The van der Waals surface area contributed by atoms with Crippen LogP contribution in [0.15, 0.2) is 29.2 Å². The highest BCUT2D eigenvalue weighted by atomic mass is 32.1. The van der Waals surface area contributed by atoms with Crippen molar-refractivity contribution in [3.63, 3.8) is 0 Å². The number of amides is 1. The molecule has 0 aliphatic heterocycles. The Morgan fingerprint density at radius 1 is 1.41 bits per heavy atom. The summed E-state index contributed by atoms with van der Waals surface area (Å²) in [7, 11) is 0. The first-order valence-corrected chi connectivity index (χ1v) is 6.67. The van der Waals surface area contributed by atoms with E-state index >= 15 is 0 Å². The second-order valence-electron chi connectivity index (χ2n) is 5.01. The highest BCUT2D eigenvalue weighted by Crippen LogP contribution is 2.29. The summed E-state index contributed by atoms with van der Waals surface area (Å²) in [5.41, 5.74) is 0.668. The van der Waals surface area contributed by atoms with Crippen LogP contribution in [0, 0.1) is 11.8 Å². The summed E-state index contributed by atoms with van der Waals surface area (Å²) in [5, 5.41) is 3.01. The van der Waals surface area contributed by atoms with E-state index in [9.17, 15) is 4.79 Å². The van der Waals surface area contributed by atoms with Crippen LogP contribution in [0.4, 0.5) is 0 Å². The molecule has 1 aliphatic rings. The molecule has 0 radical (unpaired) electrons. The third-order valence-corrected chi connectivity index (χ3v) is 3.89. The molecule has 2 unspecified atom stereocenters. The first-order chi connectivity index (χ1) is 8.16. The zero-order valence-corrected chi connectivity index (χ0v) is 11.0. The first-order valence-electron chi connectivity index (χ1n) is 6.23. The van der Waals surface area contributed by atoms with Crippen LogP contribution >= 0.6 is 12.6 Å². The van der Waals surface area contributed by atoms with Crippen molar-refractivity contribution in [1.82, 2.24) is 5.32 Å². The molecule has 1 aromatic carbocycles. The van der Waals surface area contributed by atoms with Gasteiger partial charge in [0.15, 0.2) is 0 Å². The van der Waals surface area contributed by atoms with Crippen LogP contribution in [0.1, 0.15) is 36.5 Å². The molecule has 2 nitrogen and oxygen atoms in total. The van der Waals surface area contributed by atoms with Gasteiger partial charge < -0.3 is 5.32 Å². The Labute approximate surface area is 108 Å². The molecular formula is C14H19NOS. The molecule has 1 N–H and O–H groups in total. The van der Waals surface area contributed by atoms with E-state index in [-0.39, 0.29) is 5.91 Å². The van der Waals surface area contributed by atoms with Crippen molar-refractivity contribution in [3.8, 4) is 0 Å². The Kier molecular flexibility index (Phi) is 4.11. The zero-order chi connectivity index (χ0) is 12.3. The average molecular weight is 249 g/mol. The topological polar surface area (TPSA) is 29.1 Å². The van der Waals surface area contributed by atoms with E-state index < -0.39 is 0 Å². The van der Waals surface area contributed by atoms with Crippen LogP contribution in [-0.2, 0) is 0 Å². The van der Waals surface area contributed by atoms with Gasteiger partial charge in [-0.3, -0.25) is 4.79 Å². The van der Waals surface area contributed by atoms with Gasteiger partial charge in [-0.05, 0) is 36.8 Å². The molecule has 1 aliphatic carbocycles. The van der Waals surface area contributed by atoms with Crippen molar-refractivity contribution >= 4 is 18.5 Å². The number of carbonyl (C=O) groups excluding carboxylic acids is 1. The average Bonchev–Trinajstić information content (AvgIpc) is 2.73. The van der Waals surface area contributed by atoms with Crippen LogP contribution in [0.3, 0.4) is 0 Å². The van der Waals surface area contributed by atoms with Gasteiger partial charge in [0.25, 0.3) is 5.91 Å². The summed E-state index contributed by atoms with van der Waals surface area (Å²) in [5.74, 6) is 1.46. The highest BCUT2D eigenvalue weighted by molar-refractivity contribution is 7.80.